The molecule has 20 heavy (non-hydrogen) atoms. The largest absolute Gasteiger partial charge is 0.496 e. The van der Waals surface area contributed by atoms with Gasteiger partial charge in [0.2, 0.25) is 0 Å². The summed E-state index contributed by atoms with van der Waals surface area (Å²) in [5.41, 5.74) is 2.43. The van der Waals surface area contributed by atoms with Crippen LogP contribution in [0, 0.1) is 0 Å². The van der Waals surface area contributed by atoms with Crippen LogP contribution in [0.15, 0.2) is 48.5 Å². The highest BCUT2D eigenvalue weighted by Gasteiger charge is 2.12. The van der Waals surface area contributed by atoms with E-state index < -0.39 is 5.97 Å². The molecule has 0 aliphatic rings. The van der Waals surface area contributed by atoms with Crippen molar-refractivity contribution in [1.82, 2.24) is 0 Å². The zero-order chi connectivity index (χ0) is 14.4. The second kappa shape index (κ2) is 6.57. The monoisotopic (exact) mass is 268 g/mol. The predicted octanol–water partition coefficient (Wildman–Crippen LogP) is 3.65. The zero-order valence-corrected chi connectivity index (χ0v) is 11.5. The summed E-state index contributed by atoms with van der Waals surface area (Å²) >= 11 is 0. The third-order valence-electron chi connectivity index (χ3n) is 2.90. The van der Waals surface area contributed by atoms with Gasteiger partial charge in [-0.05, 0) is 23.3 Å². The van der Waals surface area contributed by atoms with Gasteiger partial charge in [-0.2, -0.15) is 0 Å². The van der Waals surface area contributed by atoms with E-state index in [0.717, 1.165) is 11.1 Å². The van der Waals surface area contributed by atoms with Crippen LogP contribution in [0.3, 0.4) is 0 Å². The third kappa shape index (κ3) is 3.26. The molecule has 0 spiro atoms. The first-order valence-corrected chi connectivity index (χ1v) is 6.24. The fourth-order valence-electron chi connectivity index (χ4n) is 1.86. The van der Waals surface area contributed by atoms with Gasteiger partial charge in [0.05, 0.1) is 14.2 Å². The number of carbonyl (C=O) groups excluding carboxylic acids is 1. The van der Waals surface area contributed by atoms with E-state index in [1.807, 2.05) is 48.6 Å². The van der Waals surface area contributed by atoms with E-state index in [4.69, 9.17) is 9.47 Å². The Hall–Kier alpha value is -2.55. The van der Waals surface area contributed by atoms with E-state index in [2.05, 4.69) is 0 Å². The molecular formula is C17H16O3. The Kier molecular flexibility index (Phi) is 4.56. The van der Waals surface area contributed by atoms with E-state index in [9.17, 15) is 4.79 Å². The Labute approximate surface area is 118 Å². The Morgan fingerprint density at radius 3 is 2.30 bits per heavy atom. The second-order valence-corrected chi connectivity index (χ2v) is 4.20. The van der Waals surface area contributed by atoms with Gasteiger partial charge >= 0.3 is 5.97 Å². The average molecular weight is 268 g/mol. The number of esters is 1. The van der Waals surface area contributed by atoms with Crippen molar-refractivity contribution in [3.63, 3.8) is 0 Å². The lowest BCUT2D eigenvalue weighted by Crippen LogP contribution is -2.04. The maximum atomic E-state index is 11.7. The van der Waals surface area contributed by atoms with Gasteiger partial charge < -0.3 is 9.47 Å². The van der Waals surface area contributed by atoms with Gasteiger partial charge in [0, 0.05) is 0 Å². The Balaban J connectivity index is 2.29. The van der Waals surface area contributed by atoms with Crippen LogP contribution in [-0.2, 0) is 4.74 Å². The number of ether oxygens (including phenoxy) is 2. The molecule has 102 valence electrons. The summed E-state index contributed by atoms with van der Waals surface area (Å²) in [6.07, 6.45) is 3.93. The number of rotatable bonds is 4. The van der Waals surface area contributed by atoms with Crippen LogP contribution in [0.1, 0.15) is 21.5 Å². The minimum atomic E-state index is -0.406. The van der Waals surface area contributed by atoms with Crippen LogP contribution in [0.2, 0.25) is 0 Å². The zero-order valence-electron chi connectivity index (χ0n) is 11.5. The number of methoxy groups -OCH3 is 2. The first-order chi connectivity index (χ1) is 9.74. The molecule has 0 bridgehead atoms. The topological polar surface area (TPSA) is 35.5 Å². The Morgan fingerprint density at radius 2 is 1.65 bits per heavy atom. The smallest absolute Gasteiger partial charge is 0.341 e. The molecule has 0 unspecified atom stereocenters. The van der Waals surface area contributed by atoms with Gasteiger partial charge in [-0.15, -0.1) is 0 Å². The molecule has 0 heterocycles. The first-order valence-electron chi connectivity index (χ1n) is 6.24. The van der Waals surface area contributed by atoms with Crippen molar-refractivity contribution in [1.29, 1.82) is 0 Å². The molecule has 0 amide bonds. The predicted molar refractivity (Wildman–Crippen MR) is 79.7 cm³/mol. The molecule has 0 saturated carbocycles. The molecular weight excluding hydrogens is 252 g/mol. The average Bonchev–Trinajstić information content (AvgIpc) is 2.52. The highest BCUT2D eigenvalue weighted by Crippen LogP contribution is 2.22. The van der Waals surface area contributed by atoms with Gasteiger partial charge in [0.25, 0.3) is 0 Å². The van der Waals surface area contributed by atoms with E-state index in [1.165, 1.54) is 14.2 Å². The lowest BCUT2D eigenvalue weighted by Gasteiger charge is -2.07. The number of hydrogen-bond acceptors (Lipinski definition) is 3. The summed E-state index contributed by atoms with van der Waals surface area (Å²) in [6, 6.07) is 15.4. The van der Waals surface area contributed by atoms with Crippen molar-refractivity contribution in [3.8, 4) is 5.75 Å². The van der Waals surface area contributed by atoms with E-state index in [0.29, 0.717) is 11.3 Å². The second-order valence-electron chi connectivity index (χ2n) is 4.20. The number of hydrogen-bond donors (Lipinski definition) is 0. The highest BCUT2D eigenvalue weighted by atomic mass is 16.5. The van der Waals surface area contributed by atoms with Crippen LogP contribution >= 0.6 is 0 Å². The first kappa shape index (κ1) is 13.9. The Morgan fingerprint density at radius 1 is 0.950 bits per heavy atom. The molecule has 0 saturated heterocycles. The van der Waals surface area contributed by atoms with Crippen LogP contribution in [-0.4, -0.2) is 20.2 Å². The standard InChI is InChI=1S/C17H16O3/c1-19-16-11-10-14(12-15(16)17(18)20-2)9-8-13-6-4-3-5-7-13/h3-12H,1-2H3/b9-8+. The molecule has 0 aliphatic heterocycles. The van der Waals surface area contributed by atoms with Gasteiger partial charge in [0.1, 0.15) is 11.3 Å². The van der Waals surface area contributed by atoms with Gasteiger partial charge in [0.15, 0.2) is 0 Å². The lowest BCUT2D eigenvalue weighted by atomic mass is 10.1. The summed E-state index contributed by atoms with van der Waals surface area (Å²) < 4.78 is 9.91. The highest BCUT2D eigenvalue weighted by molar-refractivity contribution is 5.93. The van der Waals surface area contributed by atoms with Crippen molar-refractivity contribution in [3.05, 3.63) is 65.2 Å². The number of carbonyl (C=O) groups is 1. The summed E-state index contributed by atoms with van der Waals surface area (Å²) in [5, 5.41) is 0. The van der Waals surface area contributed by atoms with Crippen molar-refractivity contribution in [2.75, 3.05) is 14.2 Å². The Bertz CT molecular complexity index is 615. The molecule has 3 nitrogen and oxygen atoms in total. The summed E-state index contributed by atoms with van der Waals surface area (Å²) in [4.78, 5) is 11.7. The summed E-state index contributed by atoms with van der Waals surface area (Å²) in [5.74, 6) is 0.102. The van der Waals surface area contributed by atoms with Gasteiger partial charge in [-0.3, -0.25) is 0 Å². The SMILES string of the molecule is COC(=O)c1cc(/C=C/c2ccccc2)ccc1OC. The fourth-order valence-corrected chi connectivity index (χ4v) is 1.86. The van der Waals surface area contributed by atoms with Crippen LogP contribution in [0.5, 0.6) is 5.75 Å². The molecule has 3 heteroatoms. The summed E-state index contributed by atoms with van der Waals surface area (Å²) in [6.45, 7) is 0. The van der Waals surface area contributed by atoms with Crippen molar-refractivity contribution in [2.45, 2.75) is 0 Å². The van der Waals surface area contributed by atoms with Crippen LogP contribution in [0.4, 0.5) is 0 Å². The quantitative estimate of drug-likeness (QED) is 0.627. The summed E-state index contributed by atoms with van der Waals surface area (Å²) in [7, 11) is 2.88. The maximum Gasteiger partial charge on any atom is 0.341 e. The van der Waals surface area contributed by atoms with Crippen molar-refractivity contribution >= 4 is 18.1 Å². The molecule has 0 aliphatic carbocycles. The van der Waals surface area contributed by atoms with E-state index in [-0.39, 0.29) is 0 Å². The van der Waals surface area contributed by atoms with E-state index >= 15 is 0 Å². The number of benzene rings is 2. The lowest BCUT2D eigenvalue weighted by molar-refractivity contribution is 0.0597. The minimum Gasteiger partial charge on any atom is -0.496 e. The molecule has 2 aromatic rings. The van der Waals surface area contributed by atoms with Gasteiger partial charge in [-0.25, -0.2) is 4.79 Å². The van der Waals surface area contributed by atoms with Gasteiger partial charge in [-0.1, -0.05) is 48.6 Å². The van der Waals surface area contributed by atoms with Crippen molar-refractivity contribution < 1.29 is 14.3 Å². The molecule has 0 aromatic heterocycles. The molecule has 2 aromatic carbocycles. The molecule has 2 rings (SSSR count). The fraction of sp³-hybridized carbons (Fsp3) is 0.118. The molecule has 0 radical (unpaired) electrons. The minimum absolute atomic E-state index is 0.406. The maximum absolute atomic E-state index is 11.7. The van der Waals surface area contributed by atoms with Crippen LogP contribution in [0.25, 0.3) is 12.2 Å². The van der Waals surface area contributed by atoms with Crippen LogP contribution < -0.4 is 4.74 Å². The molecule has 0 fully saturated rings. The normalized spacial score (nSPS) is 10.5. The molecule has 0 atom stereocenters. The molecule has 0 N–H and O–H groups in total. The third-order valence-corrected chi connectivity index (χ3v) is 2.90. The van der Waals surface area contributed by atoms with E-state index in [1.54, 1.807) is 12.1 Å². The van der Waals surface area contributed by atoms with Crippen molar-refractivity contribution in [2.24, 2.45) is 0 Å².